The van der Waals surface area contributed by atoms with E-state index in [1.54, 1.807) is 0 Å². The summed E-state index contributed by atoms with van der Waals surface area (Å²) in [5.41, 5.74) is 0. The average Bonchev–Trinajstić information content (AvgIpc) is 2.36. The molecular weight excluding hydrogens is 144 g/mol. The fraction of sp³-hybridized carbons (Fsp3) is 0.857. The van der Waals surface area contributed by atoms with E-state index in [9.17, 15) is 0 Å². The molecule has 2 nitrogen and oxygen atoms in total. The first kappa shape index (κ1) is 7.95. The van der Waals surface area contributed by atoms with Gasteiger partial charge in [-0.15, -0.1) is 0 Å². The number of nitrogens with zero attached hydrogens (tertiary/aromatic N) is 1. The van der Waals surface area contributed by atoms with E-state index in [0.29, 0.717) is 6.04 Å². The minimum atomic E-state index is 0.463. The van der Waals surface area contributed by atoms with Gasteiger partial charge < -0.3 is 10.2 Å². The maximum atomic E-state index is 5.20. The molecule has 0 spiro atoms. The third kappa shape index (κ3) is 1.67. The molecule has 0 aliphatic carbocycles. The zero-order chi connectivity index (χ0) is 7.56. The van der Waals surface area contributed by atoms with Crippen molar-refractivity contribution in [2.24, 2.45) is 0 Å². The molecule has 0 amide bonds. The van der Waals surface area contributed by atoms with Gasteiger partial charge in [-0.25, -0.2) is 0 Å². The molecule has 1 fully saturated rings. The Bertz CT molecular complexity index is 128. The van der Waals surface area contributed by atoms with Crippen LogP contribution >= 0.6 is 12.2 Å². The molecule has 0 saturated carbocycles. The molecule has 1 aliphatic heterocycles. The van der Waals surface area contributed by atoms with Gasteiger partial charge in [-0.2, -0.15) is 0 Å². The number of rotatable bonds is 1. The third-order valence-electron chi connectivity index (χ3n) is 1.80. The Kier molecular flexibility index (Phi) is 2.63. The van der Waals surface area contributed by atoms with Crippen LogP contribution in [0.2, 0.25) is 0 Å². The van der Waals surface area contributed by atoms with Gasteiger partial charge in [-0.05, 0) is 19.4 Å². The molecular formula is C7H14N2S. The van der Waals surface area contributed by atoms with Crippen LogP contribution in [0.4, 0.5) is 0 Å². The summed E-state index contributed by atoms with van der Waals surface area (Å²) in [6, 6.07) is 0.463. The minimum Gasteiger partial charge on any atom is -0.371 e. The number of hydrogen-bond acceptors (Lipinski definition) is 2. The van der Waals surface area contributed by atoms with Gasteiger partial charge in [-0.3, -0.25) is 0 Å². The van der Waals surface area contributed by atoms with Crippen molar-refractivity contribution in [1.82, 2.24) is 10.2 Å². The molecule has 0 aromatic heterocycles. The highest BCUT2D eigenvalue weighted by atomic mass is 32.1. The lowest BCUT2D eigenvalue weighted by Crippen LogP contribution is -2.38. The van der Waals surface area contributed by atoms with E-state index >= 15 is 0 Å². The largest absolute Gasteiger partial charge is 0.371 e. The summed E-state index contributed by atoms with van der Waals surface area (Å²) >= 11 is 5.20. The molecule has 0 radical (unpaired) electrons. The predicted molar refractivity (Wildman–Crippen MR) is 47.3 cm³/mol. The van der Waals surface area contributed by atoms with Crippen molar-refractivity contribution in [3.63, 3.8) is 0 Å². The summed E-state index contributed by atoms with van der Waals surface area (Å²) in [4.78, 5) is 3.05. The van der Waals surface area contributed by atoms with Gasteiger partial charge in [0.2, 0.25) is 0 Å². The Hall–Kier alpha value is -0.150. The normalized spacial score (nSPS) is 24.8. The quantitative estimate of drug-likeness (QED) is 0.563. The average molecular weight is 158 g/mol. The Morgan fingerprint density at radius 2 is 2.30 bits per heavy atom. The molecule has 1 heterocycles. The molecule has 0 bridgehead atoms. The van der Waals surface area contributed by atoms with Crippen molar-refractivity contribution < 1.29 is 0 Å². The minimum absolute atomic E-state index is 0.463. The summed E-state index contributed by atoms with van der Waals surface area (Å²) in [6.45, 7) is 1.12. The van der Waals surface area contributed by atoms with E-state index in [4.69, 9.17) is 12.2 Å². The highest BCUT2D eigenvalue weighted by Crippen LogP contribution is 2.07. The van der Waals surface area contributed by atoms with Crippen molar-refractivity contribution in [2.75, 3.05) is 20.6 Å². The van der Waals surface area contributed by atoms with Gasteiger partial charge in [0.05, 0.1) is 11.0 Å². The van der Waals surface area contributed by atoms with Crippen molar-refractivity contribution in [2.45, 2.75) is 18.9 Å². The summed E-state index contributed by atoms with van der Waals surface area (Å²) in [5.74, 6) is 0. The molecule has 1 atom stereocenters. The number of thiocarbonyl (C=S) groups is 1. The Morgan fingerprint density at radius 3 is 2.70 bits per heavy atom. The van der Waals surface area contributed by atoms with E-state index in [1.165, 1.54) is 12.8 Å². The van der Waals surface area contributed by atoms with Crippen LogP contribution in [-0.4, -0.2) is 36.6 Å². The first-order valence-corrected chi connectivity index (χ1v) is 4.07. The standard InChI is InChI=1S/C7H14N2S/c1-9(2)7(10)6-4-3-5-8-6/h6,8H,3-5H2,1-2H3/t6-/m1/s1. The Labute approximate surface area is 67.6 Å². The summed E-state index contributed by atoms with van der Waals surface area (Å²) in [5, 5.41) is 3.35. The van der Waals surface area contributed by atoms with Crippen molar-refractivity contribution in [1.29, 1.82) is 0 Å². The second-order valence-corrected chi connectivity index (χ2v) is 3.30. The first-order valence-electron chi connectivity index (χ1n) is 3.66. The maximum absolute atomic E-state index is 5.20. The molecule has 58 valence electrons. The van der Waals surface area contributed by atoms with Crippen LogP contribution < -0.4 is 5.32 Å². The highest BCUT2D eigenvalue weighted by Gasteiger charge is 2.19. The van der Waals surface area contributed by atoms with Gasteiger partial charge in [0.25, 0.3) is 0 Å². The van der Waals surface area contributed by atoms with Crippen LogP contribution in [0.15, 0.2) is 0 Å². The fourth-order valence-electron chi connectivity index (χ4n) is 1.21. The van der Waals surface area contributed by atoms with Crippen molar-refractivity contribution in [3.8, 4) is 0 Å². The smallest absolute Gasteiger partial charge is 0.0946 e. The van der Waals surface area contributed by atoms with Gasteiger partial charge in [0.1, 0.15) is 0 Å². The molecule has 3 heteroatoms. The Balaban J connectivity index is 2.40. The molecule has 1 N–H and O–H groups in total. The monoisotopic (exact) mass is 158 g/mol. The van der Waals surface area contributed by atoms with Crippen molar-refractivity contribution >= 4 is 17.2 Å². The van der Waals surface area contributed by atoms with Gasteiger partial charge >= 0.3 is 0 Å². The van der Waals surface area contributed by atoms with Gasteiger partial charge in [0, 0.05) is 14.1 Å². The van der Waals surface area contributed by atoms with Crippen LogP contribution in [-0.2, 0) is 0 Å². The molecule has 0 aromatic rings. The second-order valence-electron chi connectivity index (χ2n) is 2.88. The second kappa shape index (κ2) is 3.30. The van der Waals surface area contributed by atoms with Gasteiger partial charge in [0.15, 0.2) is 0 Å². The number of nitrogens with one attached hydrogen (secondary N) is 1. The third-order valence-corrected chi connectivity index (χ3v) is 2.45. The summed E-state index contributed by atoms with van der Waals surface area (Å²) in [6.07, 6.45) is 2.47. The molecule has 0 unspecified atom stereocenters. The van der Waals surface area contributed by atoms with E-state index in [2.05, 4.69) is 5.32 Å². The topological polar surface area (TPSA) is 15.3 Å². The molecule has 10 heavy (non-hydrogen) atoms. The first-order chi connectivity index (χ1) is 4.72. The van der Waals surface area contributed by atoms with Crippen LogP contribution in [0, 0.1) is 0 Å². The fourth-order valence-corrected chi connectivity index (χ4v) is 1.41. The van der Waals surface area contributed by atoms with Gasteiger partial charge in [-0.1, -0.05) is 12.2 Å². The van der Waals surface area contributed by atoms with E-state index in [0.717, 1.165) is 11.5 Å². The van der Waals surface area contributed by atoms with Crippen LogP contribution in [0.25, 0.3) is 0 Å². The highest BCUT2D eigenvalue weighted by molar-refractivity contribution is 7.80. The summed E-state index contributed by atoms with van der Waals surface area (Å²) in [7, 11) is 4.00. The van der Waals surface area contributed by atoms with Crippen LogP contribution in [0.5, 0.6) is 0 Å². The molecule has 1 aliphatic rings. The predicted octanol–water partition coefficient (Wildman–Crippen LogP) is 0.627. The number of hydrogen-bond donors (Lipinski definition) is 1. The lowest BCUT2D eigenvalue weighted by Gasteiger charge is -2.19. The van der Waals surface area contributed by atoms with E-state index in [1.807, 2.05) is 19.0 Å². The van der Waals surface area contributed by atoms with E-state index < -0.39 is 0 Å². The summed E-state index contributed by atoms with van der Waals surface area (Å²) < 4.78 is 0. The van der Waals surface area contributed by atoms with E-state index in [-0.39, 0.29) is 0 Å². The SMILES string of the molecule is CN(C)C(=S)[C@H]1CCCN1. The number of likely N-dealkylation sites (N-methyl/N-ethyl adjacent to an activating group) is 1. The zero-order valence-corrected chi connectivity index (χ0v) is 7.37. The Morgan fingerprint density at radius 1 is 1.60 bits per heavy atom. The lowest BCUT2D eigenvalue weighted by molar-refractivity contribution is 0.583. The maximum Gasteiger partial charge on any atom is 0.0946 e. The van der Waals surface area contributed by atoms with Crippen molar-refractivity contribution in [3.05, 3.63) is 0 Å². The van der Waals surface area contributed by atoms with Crippen LogP contribution in [0.3, 0.4) is 0 Å². The molecule has 1 rings (SSSR count). The zero-order valence-electron chi connectivity index (χ0n) is 6.55. The molecule has 0 aromatic carbocycles. The lowest BCUT2D eigenvalue weighted by atomic mass is 10.2. The van der Waals surface area contributed by atoms with Crippen LogP contribution in [0.1, 0.15) is 12.8 Å². The molecule has 1 saturated heterocycles.